The predicted octanol–water partition coefficient (Wildman–Crippen LogP) is 4.07. The van der Waals surface area contributed by atoms with Crippen molar-refractivity contribution in [1.29, 1.82) is 0 Å². The normalized spacial score (nSPS) is 15.1. The molecule has 0 aromatic heterocycles. The van der Waals surface area contributed by atoms with E-state index in [4.69, 9.17) is 24.8 Å². The first kappa shape index (κ1) is 23.0. The molecule has 1 heterocycles. The van der Waals surface area contributed by atoms with Crippen molar-refractivity contribution in [2.24, 2.45) is 5.10 Å². The average Bonchev–Trinajstić information content (AvgIpc) is 3.05. The van der Waals surface area contributed by atoms with Crippen LogP contribution in [0.25, 0.3) is 0 Å². The summed E-state index contributed by atoms with van der Waals surface area (Å²) in [6.07, 6.45) is -0.440. The van der Waals surface area contributed by atoms with Crippen LogP contribution in [0.3, 0.4) is 0 Å². The van der Waals surface area contributed by atoms with Crippen LogP contribution < -0.4 is 0 Å². The Balaban J connectivity index is 0.000000735. The van der Waals surface area contributed by atoms with E-state index in [1.165, 1.54) is 4.41 Å². The molecular formula is C20H23N3O6S. The van der Waals surface area contributed by atoms with Gasteiger partial charge in [0.2, 0.25) is 0 Å². The third kappa shape index (κ3) is 6.68. The smallest absolute Gasteiger partial charge is 0.440 e. The van der Waals surface area contributed by atoms with Crippen LogP contribution in [0.1, 0.15) is 25.0 Å². The highest BCUT2D eigenvalue weighted by molar-refractivity contribution is 8.15. The molecular weight excluding hydrogens is 410 g/mol. The molecule has 1 aliphatic heterocycles. The molecule has 0 spiro atoms. The SMILES string of the molecule is CCOC(=O)N1N=C(C)C(c2ccccc2)=S1COCc1ccccc1.O=[N+]([O-])O. The number of hydrogen-bond donors (Lipinski definition) is 1. The lowest BCUT2D eigenvalue weighted by atomic mass is 10.1. The number of carbonyl (C=O) groups excluding carboxylic acids is 1. The minimum atomic E-state index is -1.50. The summed E-state index contributed by atoms with van der Waals surface area (Å²) in [6.45, 7) is 4.50. The van der Waals surface area contributed by atoms with Crippen molar-refractivity contribution < 1.29 is 24.6 Å². The molecule has 2 aromatic carbocycles. The Kier molecular flexibility index (Phi) is 8.98. The van der Waals surface area contributed by atoms with Gasteiger partial charge in [-0.15, -0.1) is 14.5 Å². The largest absolute Gasteiger partial charge is 0.448 e. The lowest BCUT2D eigenvalue weighted by Gasteiger charge is -2.18. The van der Waals surface area contributed by atoms with Crippen molar-refractivity contribution in [2.75, 3.05) is 12.5 Å². The summed E-state index contributed by atoms with van der Waals surface area (Å²) in [5.41, 5.74) is 2.96. The van der Waals surface area contributed by atoms with E-state index in [1.807, 2.05) is 67.6 Å². The number of nitrogens with zero attached hydrogens (tertiary/aromatic N) is 3. The quantitative estimate of drug-likeness (QED) is 0.417. The van der Waals surface area contributed by atoms with Gasteiger partial charge in [0.1, 0.15) is 5.94 Å². The van der Waals surface area contributed by atoms with Gasteiger partial charge in [-0.05, 0) is 35.6 Å². The zero-order valence-corrected chi connectivity index (χ0v) is 17.4. The summed E-state index contributed by atoms with van der Waals surface area (Å²) in [4.78, 5) is 21.7. The van der Waals surface area contributed by atoms with Crippen LogP contribution in [-0.4, -0.2) is 43.9 Å². The minimum Gasteiger partial charge on any atom is -0.448 e. The fraction of sp³-hybridized carbons (Fsp3) is 0.250. The van der Waals surface area contributed by atoms with Gasteiger partial charge in [0, 0.05) is 0 Å². The molecule has 1 unspecified atom stereocenters. The van der Waals surface area contributed by atoms with Crippen LogP contribution in [0.5, 0.6) is 0 Å². The molecule has 3 rings (SSSR count). The molecule has 30 heavy (non-hydrogen) atoms. The van der Waals surface area contributed by atoms with Gasteiger partial charge < -0.3 is 14.7 Å². The van der Waals surface area contributed by atoms with Crippen LogP contribution in [0.4, 0.5) is 4.79 Å². The first-order valence-electron chi connectivity index (χ1n) is 9.04. The molecule has 0 aliphatic carbocycles. The van der Waals surface area contributed by atoms with E-state index < -0.39 is 21.8 Å². The third-order valence-electron chi connectivity index (χ3n) is 3.78. The molecule has 1 amide bonds. The molecule has 10 heteroatoms. The maximum atomic E-state index is 12.3. The zero-order chi connectivity index (χ0) is 21.9. The highest BCUT2D eigenvalue weighted by atomic mass is 32.2. The molecule has 1 N–H and O–H groups in total. The van der Waals surface area contributed by atoms with Gasteiger partial charge in [0.25, 0.3) is 5.09 Å². The lowest BCUT2D eigenvalue weighted by Crippen LogP contribution is -2.22. The van der Waals surface area contributed by atoms with Crippen LogP contribution in [0.2, 0.25) is 0 Å². The molecule has 1 aliphatic rings. The molecule has 1 atom stereocenters. The fourth-order valence-corrected chi connectivity index (χ4v) is 4.53. The van der Waals surface area contributed by atoms with Gasteiger partial charge in [-0.25, -0.2) is 4.79 Å². The lowest BCUT2D eigenvalue weighted by molar-refractivity contribution is -0.742. The van der Waals surface area contributed by atoms with Crippen molar-refractivity contribution in [3.63, 3.8) is 0 Å². The van der Waals surface area contributed by atoms with Crippen LogP contribution in [0, 0.1) is 10.1 Å². The predicted molar refractivity (Wildman–Crippen MR) is 115 cm³/mol. The van der Waals surface area contributed by atoms with Gasteiger partial charge in [-0.2, -0.15) is 5.10 Å². The van der Waals surface area contributed by atoms with Gasteiger partial charge in [0.05, 0.1) is 23.8 Å². The third-order valence-corrected chi connectivity index (χ3v) is 5.82. The first-order chi connectivity index (χ1) is 14.4. The summed E-state index contributed by atoms with van der Waals surface area (Å²) >= 11 is 0. The van der Waals surface area contributed by atoms with Gasteiger partial charge >= 0.3 is 6.09 Å². The maximum Gasteiger partial charge on any atom is 0.440 e. The summed E-state index contributed by atoms with van der Waals surface area (Å²) in [5.74, 6) is 0.374. The highest BCUT2D eigenvalue weighted by Crippen LogP contribution is 2.32. The second kappa shape index (κ2) is 11.7. The Morgan fingerprint density at radius 1 is 1.17 bits per heavy atom. The summed E-state index contributed by atoms with van der Waals surface area (Å²) in [6, 6.07) is 20.0. The van der Waals surface area contributed by atoms with Gasteiger partial charge in [-0.3, -0.25) is 0 Å². The molecule has 2 aromatic rings. The van der Waals surface area contributed by atoms with Gasteiger partial charge in [0.15, 0.2) is 0 Å². The molecule has 160 valence electrons. The number of hydrogen-bond acceptors (Lipinski definition) is 6. The molecule has 9 nitrogen and oxygen atoms in total. The first-order valence-corrected chi connectivity index (χ1v) is 10.4. The Bertz CT molecular complexity index is 915. The van der Waals surface area contributed by atoms with Crippen molar-refractivity contribution >= 4 is 27.3 Å². The molecule has 0 saturated heterocycles. The molecule has 0 fully saturated rings. The molecule has 0 saturated carbocycles. The minimum absolute atomic E-state index is 0.312. The number of benzene rings is 2. The van der Waals surface area contributed by atoms with E-state index in [-0.39, 0.29) is 0 Å². The van der Waals surface area contributed by atoms with E-state index in [2.05, 4.69) is 5.10 Å². The van der Waals surface area contributed by atoms with E-state index >= 15 is 0 Å². The van der Waals surface area contributed by atoms with E-state index in [0.29, 0.717) is 19.2 Å². The van der Waals surface area contributed by atoms with E-state index in [0.717, 1.165) is 21.7 Å². The number of carbonyl (C=O) groups is 1. The maximum absolute atomic E-state index is 12.3. The van der Waals surface area contributed by atoms with E-state index in [1.54, 1.807) is 6.92 Å². The highest BCUT2D eigenvalue weighted by Gasteiger charge is 2.29. The zero-order valence-electron chi connectivity index (χ0n) is 16.6. The standard InChI is InChI=1S/C20H22N2O3S.HNO3/c1-3-25-20(23)22-21-16(2)19(18-12-8-5-9-13-18)26(22)15-24-14-17-10-6-4-7-11-17;2-1(3)4/h4-13H,3,14-15H2,1-2H3;(H,2,3,4). The monoisotopic (exact) mass is 433 g/mol. The number of rotatable bonds is 6. The van der Waals surface area contributed by atoms with E-state index in [9.17, 15) is 4.79 Å². The second-order valence-electron chi connectivity index (χ2n) is 5.91. The average molecular weight is 433 g/mol. The Hall–Kier alpha value is -3.24. The van der Waals surface area contributed by atoms with Crippen molar-refractivity contribution in [2.45, 2.75) is 20.5 Å². The summed E-state index contributed by atoms with van der Waals surface area (Å²) in [5, 5.41) is 18.1. The summed E-state index contributed by atoms with van der Waals surface area (Å²) < 4.78 is 12.5. The Morgan fingerprint density at radius 3 is 2.30 bits per heavy atom. The van der Waals surface area contributed by atoms with Crippen molar-refractivity contribution in [1.82, 2.24) is 4.41 Å². The Morgan fingerprint density at radius 2 is 1.73 bits per heavy atom. The van der Waals surface area contributed by atoms with Crippen LogP contribution in [-0.2, 0) is 16.1 Å². The molecule has 0 bridgehead atoms. The van der Waals surface area contributed by atoms with Crippen molar-refractivity contribution in [3.8, 4) is 0 Å². The van der Waals surface area contributed by atoms with Gasteiger partial charge in [-0.1, -0.05) is 60.7 Å². The number of hydrazone groups is 1. The topological polar surface area (TPSA) is 114 Å². The van der Waals surface area contributed by atoms with Crippen LogP contribution in [0.15, 0.2) is 65.8 Å². The van der Waals surface area contributed by atoms with Crippen LogP contribution >= 0.6 is 10.7 Å². The second-order valence-corrected chi connectivity index (χ2v) is 7.63. The summed E-state index contributed by atoms with van der Waals surface area (Å²) in [7, 11) is -0.640. The Labute approximate surface area is 176 Å². The number of amides is 1. The molecule has 0 radical (unpaired) electrons. The fourth-order valence-electron chi connectivity index (χ4n) is 2.65. The number of ether oxygens (including phenoxy) is 2. The van der Waals surface area contributed by atoms with Crippen molar-refractivity contribution in [3.05, 3.63) is 81.9 Å².